The summed E-state index contributed by atoms with van der Waals surface area (Å²) in [6, 6.07) is 5.71. The predicted octanol–water partition coefficient (Wildman–Crippen LogP) is 3.14. The Morgan fingerprint density at radius 1 is 1.19 bits per heavy atom. The van der Waals surface area contributed by atoms with Gasteiger partial charge in [-0.05, 0) is 25.1 Å². The molecule has 0 radical (unpaired) electrons. The van der Waals surface area contributed by atoms with Crippen molar-refractivity contribution in [3.63, 3.8) is 0 Å². The second kappa shape index (κ2) is 4.53. The van der Waals surface area contributed by atoms with E-state index < -0.39 is 0 Å². The third-order valence-electron chi connectivity index (χ3n) is 2.30. The van der Waals surface area contributed by atoms with Crippen LogP contribution in [0.4, 0.5) is 0 Å². The highest BCUT2D eigenvalue weighted by Crippen LogP contribution is 2.33. The van der Waals surface area contributed by atoms with Crippen molar-refractivity contribution in [2.45, 2.75) is 6.92 Å². The Balaban J connectivity index is 2.52. The molecule has 3 nitrogen and oxygen atoms in total. The first-order valence-corrected chi connectivity index (χ1v) is 5.77. The molecule has 0 atom stereocenters. The maximum Gasteiger partial charge on any atom is 0.128 e. The zero-order valence-corrected chi connectivity index (χ0v) is 10.3. The lowest BCUT2D eigenvalue weighted by Gasteiger charge is -2.08. The maximum atomic E-state index is 5.32. The molecule has 0 spiro atoms. The number of thiazole rings is 1. The van der Waals surface area contributed by atoms with E-state index in [9.17, 15) is 0 Å². The van der Waals surface area contributed by atoms with Crippen LogP contribution in [0.5, 0.6) is 11.5 Å². The average molecular weight is 235 g/mol. The number of nitrogens with zero attached hydrogens (tertiary/aromatic N) is 1. The van der Waals surface area contributed by atoms with Gasteiger partial charge in [0.05, 0.1) is 24.9 Å². The van der Waals surface area contributed by atoms with Crippen LogP contribution in [0.3, 0.4) is 0 Å². The molecule has 0 fully saturated rings. The van der Waals surface area contributed by atoms with Gasteiger partial charge in [-0.25, -0.2) is 4.98 Å². The summed E-state index contributed by atoms with van der Waals surface area (Å²) in [6.45, 7) is 1.99. The fourth-order valence-electron chi connectivity index (χ4n) is 1.50. The lowest BCUT2D eigenvalue weighted by molar-refractivity contribution is 0.404. The van der Waals surface area contributed by atoms with Gasteiger partial charge in [0.2, 0.25) is 0 Å². The minimum Gasteiger partial charge on any atom is -0.497 e. The molecule has 0 unspecified atom stereocenters. The van der Waals surface area contributed by atoms with Crippen molar-refractivity contribution < 1.29 is 9.47 Å². The van der Waals surface area contributed by atoms with E-state index in [0.29, 0.717) is 0 Å². The molecule has 0 saturated heterocycles. The van der Waals surface area contributed by atoms with Crippen LogP contribution in [0.25, 0.3) is 11.3 Å². The summed E-state index contributed by atoms with van der Waals surface area (Å²) in [6.07, 6.45) is 0. The summed E-state index contributed by atoms with van der Waals surface area (Å²) < 4.78 is 10.5. The minimum absolute atomic E-state index is 0.807. The van der Waals surface area contributed by atoms with Gasteiger partial charge in [0.1, 0.15) is 11.5 Å². The number of benzene rings is 1. The molecular formula is C12H13NO2S. The molecule has 16 heavy (non-hydrogen) atoms. The van der Waals surface area contributed by atoms with Crippen LogP contribution in [0, 0.1) is 6.92 Å². The van der Waals surface area contributed by atoms with Crippen molar-refractivity contribution in [3.05, 3.63) is 28.6 Å². The molecule has 4 heteroatoms. The lowest BCUT2D eigenvalue weighted by Crippen LogP contribution is -1.90. The number of rotatable bonds is 3. The zero-order chi connectivity index (χ0) is 11.5. The van der Waals surface area contributed by atoms with Crippen LogP contribution in [0.15, 0.2) is 23.6 Å². The van der Waals surface area contributed by atoms with Gasteiger partial charge in [-0.2, -0.15) is 0 Å². The monoisotopic (exact) mass is 235 g/mol. The first-order chi connectivity index (χ1) is 7.74. The van der Waals surface area contributed by atoms with Gasteiger partial charge in [0, 0.05) is 10.9 Å². The Morgan fingerprint density at radius 3 is 2.56 bits per heavy atom. The maximum absolute atomic E-state index is 5.32. The van der Waals surface area contributed by atoms with Crippen molar-refractivity contribution in [1.82, 2.24) is 4.98 Å². The van der Waals surface area contributed by atoms with Crippen molar-refractivity contribution in [2.24, 2.45) is 0 Å². The summed E-state index contributed by atoms with van der Waals surface area (Å²) in [7, 11) is 3.31. The second-order valence-electron chi connectivity index (χ2n) is 3.32. The normalized spacial score (nSPS) is 10.2. The van der Waals surface area contributed by atoms with Gasteiger partial charge in [-0.3, -0.25) is 0 Å². The van der Waals surface area contributed by atoms with Gasteiger partial charge < -0.3 is 9.47 Å². The molecule has 0 amide bonds. The molecule has 0 aliphatic carbocycles. The number of aromatic nitrogens is 1. The Kier molecular flexibility index (Phi) is 3.10. The van der Waals surface area contributed by atoms with Gasteiger partial charge in [-0.1, -0.05) is 0 Å². The molecule has 0 bridgehead atoms. The largest absolute Gasteiger partial charge is 0.497 e. The number of methoxy groups -OCH3 is 2. The third kappa shape index (κ3) is 2.02. The summed E-state index contributed by atoms with van der Waals surface area (Å²) in [5, 5.41) is 3.06. The standard InChI is InChI=1S/C12H13NO2S/c1-8-13-11(7-16-8)10-6-9(14-2)4-5-12(10)15-3/h4-7H,1-3H3. The average Bonchev–Trinajstić information content (AvgIpc) is 2.75. The van der Waals surface area contributed by atoms with Gasteiger partial charge in [-0.15, -0.1) is 11.3 Å². The highest BCUT2D eigenvalue weighted by Gasteiger charge is 2.10. The fourth-order valence-corrected chi connectivity index (χ4v) is 2.11. The van der Waals surface area contributed by atoms with Gasteiger partial charge >= 0.3 is 0 Å². The van der Waals surface area contributed by atoms with Crippen LogP contribution >= 0.6 is 11.3 Å². The van der Waals surface area contributed by atoms with Crippen LogP contribution in [-0.4, -0.2) is 19.2 Å². The van der Waals surface area contributed by atoms with Crippen molar-refractivity contribution in [2.75, 3.05) is 14.2 Å². The van der Waals surface area contributed by atoms with Crippen LogP contribution < -0.4 is 9.47 Å². The number of hydrogen-bond acceptors (Lipinski definition) is 4. The van der Waals surface area contributed by atoms with E-state index in [-0.39, 0.29) is 0 Å². The smallest absolute Gasteiger partial charge is 0.128 e. The summed E-state index contributed by atoms with van der Waals surface area (Å²) in [5.41, 5.74) is 1.89. The summed E-state index contributed by atoms with van der Waals surface area (Å²) in [4.78, 5) is 4.45. The molecule has 1 aromatic heterocycles. The predicted molar refractivity (Wildman–Crippen MR) is 65.4 cm³/mol. The lowest BCUT2D eigenvalue weighted by atomic mass is 10.1. The van der Waals surface area contributed by atoms with Crippen molar-refractivity contribution >= 4 is 11.3 Å². The van der Waals surface area contributed by atoms with Crippen LogP contribution in [0.1, 0.15) is 5.01 Å². The van der Waals surface area contributed by atoms with Crippen molar-refractivity contribution in [1.29, 1.82) is 0 Å². The number of aryl methyl sites for hydroxylation is 1. The van der Waals surface area contributed by atoms with E-state index in [1.165, 1.54) is 0 Å². The first kappa shape index (κ1) is 11.0. The molecule has 0 aliphatic rings. The molecule has 2 aromatic rings. The van der Waals surface area contributed by atoms with E-state index >= 15 is 0 Å². The van der Waals surface area contributed by atoms with E-state index in [2.05, 4.69) is 4.98 Å². The van der Waals surface area contributed by atoms with Gasteiger partial charge in [0.15, 0.2) is 0 Å². The Bertz CT molecular complexity index is 494. The van der Waals surface area contributed by atoms with Crippen LogP contribution in [0.2, 0.25) is 0 Å². The number of hydrogen-bond donors (Lipinski definition) is 0. The van der Waals surface area contributed by atoms with E-state index in [1.807, 2.05) is 30.5 Å². The van der Waals surface area contributed by atoms with E-state index in [1.54, 1.807) is 25.6 Å². The molecule has 2 rings (SSSR count). The summed E-state index contributed by atoms with van der Waals surface area (Å²) in [5.74, 6) is 1.62. The second-order valence-corrected chi connectivity index (χ2v) is 4.38. The van der Waals surface area contributed by atoms with Crippen LogP contribution in [-0.2, 0) is 0 Å². The molecule has 1 aromatic carbocycles. The highest BCUT2D eigenvalue weighted by molar-refractivity contribution is 7.09. The van der Waals surface area contributed by atoms with Crippen molar-refractivity contribution in [3.8, 4) is 22.8 Å². The van der Waals surface area contributed by atoms with Gasteiger partial charge in [0.25, 0.3) is 0 Å². The molecule has 0 aliphatic heterocycles. The zero-order valence-electron chi connectivity index (χ0n) is 9.48. The molecular weight excluding hydrogens is 222 g/mol. The topological polar surface area (TPSA) is 31.4 Å². The molecule has 84 valence electrons. The quantitative estimate of drug-likeness (QED) is 0.819. The van der Waals surface area contributed by atoms with E-state index in [4.69, 9.17) is 9.47 Å². The number of ether oxygens (including phenoxy) is 2. The molecule has 0 N–H and O–H groups in total. The van der Waals surface area contributed by atoms with E-state index in [0.717, 1.165) is 27.8 Å². The Morgan fingerprint density at radius 2 is 2.00 bits per heavy atom. The first-order valence-electron chi connectivity index (χ1n) is 4.89. The Labute approximate surface area is 98.7 Å². The molecule has 0 saturated carbocycles. The fraction of sp³-hybridized carbons (Fsp3) is 0.250. The minimum atomic E-state index is 0.807. The molecule has 1 heterocycles. The SMILES string of the molecule is COc1ccc(OC)c(-c2csc(C)n2)c1. The third-order valence-corrected chi connectivity index (χ3v) is 3.08. The summed E-state index contributed by atoms with van der Waals surface area (Å²) >= 11 is 1.62. The highest BCUT2D eigenvalue weighted by atomic mass is 32.1. The Hall–Kier alpha value is -1.55.